The number of benzene rings is 1. The molecule has 1 fully saturated rings. The van der Waals surface area contributed by atoms with Crippen LogP contribution in [0, 0.1) is 5.92 Å². The van der Waals surface area contributed by atoms with E-state index in [1.807, 2.05) is 31.3 Å². The number of pyridine rings is 1. The molecule has 2 heterocycles. The average molecular weight is 346 g/mol. The van der Waals surface area contributed by atoms with Gasteiger partial charge in [-0.2, -0.15) is 0 Å². The van der Waals surface area contributed by atoms with Crippen LogP contribution in [0.15, 0.2) is 24.4 Å². The van der Waals surface area contributed by atoms with E-state index in [0.717, 1.165) is 42.5 Å². The second-order valence-corrected chi connectivity index (χ2v) is 6.22. The van der Waals surface area contributed by atoms with Crippen molar-refractivity contribution in [3.63, 3.8) is 0 Å². The Labute approximate surface area is 148 Å². The number of anilines is 1. The smallest absolute Gasteiger partial charge is 0.162 e. The van der Waals surface area contributed by atoms with Gasteiger partial charge in [0.2, 0.25) is 0 Å². The minimum absolute atomic E-state index is 0.193. The third-order valence-electron chi connectivity index (χ3n) is 4.84. The fourth-order valence-electron chi connectivity index (χ4n) is 3.47. The average Bonchev–Trinajstić information content (AvgIpc) is 2.66. The molecule has 6 nitrogen and oxygen atoms in total. The van der Waals surface area contributed by atoms with Gasteiger partial charge >= 0.3 is 0 Å². The van der Waals surface area contributed by atoms with E-state index in [-0.39, 0.29) is 5.92 Å². The molecule has 136 valence electrons. The van der Waals surface area contributed by atoms with Crippen molar-refractivity contribution in [3.05, 3.63) is 24.4 Å². The SMILES string of the molecule is CCOC(O)C1CCN(c2ccnc3cc(OC)c(OC)cc23)CC1. The van der Waals surface area contributed by atoms with E-state index in [2.05, 4.69) is 9.88 Å². The van der Waals surface area contributed by atoms with Crippen LogP contribution in [-0.4, -0.2) is 50.3 Å². The second kappa shape index (κ2) is 7.89. The highest BCUT2D eigenvalue weighted by molar-refractivity contribution is 5.94. The Morgan fingerprint density at radius 1 is 1.20 bits per heavy atom. The van der Waals surface area contributed by atoms with Crippen LogP contribution < -0.4 is 14.4 Å². The number of aromatic nitrogens is 1. The second-order valence-electron chi connectivity index (χ2n) is 6.22. The molecule has 1 aromatic carbocycles. The van der Waals surface area contributed by atoms with Crippen LogP contribution in [0.4, 0.5) is 5.69 Å². The first kappa shape index (κ1) is 17.8. The van der Waals surface area contributed by atoms with Crippen LogP contribution in [0.5, 0.6) is 11.5 Å². The zero-order chi connectivity index (χ0) is 17.8. The van der Waals surface area contributed by atoms with E-state index in [4.69, 9.17) is 14.2 Å². The molecule has 0 saturated carbocycles. The van der Waals surface area contributed by atoms with Gasteiger partial charge in [-0.15, -0.1) is 0 Å². The highest BCUT2D eigenvalue weighted by Crippen LogP contribution is 2.37. The van der Waals surface area contributed by atoms with Gasteiger partial charge in [0, 0.05) is 49.0 Å². The van der Waals surface area contributed by atoms with Crippen molar-refractivity contribution in [3.8, 4) is 11.5 Å². The van der Waals surface area contributed by atoms with Crippen molar-refractivity contribution >= 4 is 16.6 Å². The number of hydrogen-bond acceptors (Lipinski definition) is 6. The summed E-state index contributed by atoms with van der Waals surface area (Å²) in [6, 6.07) is 5.93. The van der Waals surface area contributed by atoms with E-state index >= 15 is 0 Å². The molecule has 0 amide bonds. The summed E-state index contributed by atoms with van der Waals surface area (Å²) in [6.07, 6.45) is 2.96. The third kappa shape index (κ3) is 3.65. The molecule has 1 aliphatic rings. The summed E-state index contributed by atoms with van der Waals surface area (Å²) in [5, 5.41) is 11.1. The maximum atomic E-state index is 10.0. The molecule has 1 aromatic heterocycles. The summed E-state index contributed by atoms with van der Waals surface area (Å²) in [4.78, 5) is 6.80. The number of piperidine rings is 1. The van der Waals surface area contributed by atoms with Crippen molar-refractivity contribution in [2.75, 3.05) is 38.8 Å². The Balaban J connectivity index is 1.84. The lowest BCUT2D eigenvalue weighted by atomic mass is 9.95. The summed E-state index contributed by atoms with van der Waals surface area (Å²) in [5.74, 6) is 1.57. The molecule has 0 aliphatic carbocycles. The van der Waals surface area contributed by atoms with Gasteiger partial charge in [0.05, 0.1) is 19.7 Å². The molecule has 1 N–H and O–H groups in total. The van der Waals surface area contributed by atoms with Crippen molar-refractivity contribution in [2.24, 2.45) is 5.92 Å². The number of aliphatic hydroxyl groups is 1. The molecule has 1 unspecified atom stereocenters. The normalized spacial score (nSPS) is 16.9. The predicted octanol–water partition coefficient (Wildman–Crippen LogP) is 2.82. The largest absolute Gasteiger partial charge is 0.493 e. The third-order valence-corrected chi connectivity index (χ3v) is 4.84. The first-order chi connectivity index (χ1) is 12.2. The molecule has 0 bridgehead atoms. The summed E-state index contributed by atoms with van der Waals surface area (Å²) >= 11 is 0. The van der Waals surface area contributed by atoms with Crippen LogP contribution in [0.1, 0.15) is 19.8 Å². The molecule has 0 spiro atoms. The molecule has 3 rings (SSSR count). The molecule has 1 aliphatic heterocycles. The van der Waals surface area contributed by atoms with E-state index in [0.29, 0.717) is 18.1 Å². The number of hydrogen-bond donors (Lipinski definition) is 1. The van der Waals surface area contributed by atoms with Gasteiger partial charge in [0.25, 0.3) is 0 Å². The number of aliphatic hydroxyl groups excluding tert-OH is 1. The molecule has 25 heavy (non-hydrogen) atoms. The van der Waals surface area contributed by atoms with Crippen molar-refractivity contribution in [1.29, 1.82) is 0 Å². The molecular formula is C19H26N2O4. The fourth-order valence-corrected chi connectivity index (χ4v) is 3.47. The predicted molar refractivity (Wildman–Crippen MR) is 97.4 cm³/mol. The Hall–Kier alpha value is -2.05. The Morgan fingerprint density at radius 3 is 2.52 bits per heavy atom. The van der Waals surface area contributed by atoms with Gasteiger partial charge in [0.15, 0.2) is 17.8 Å². The lowest BCUT2D eigenvalue weighted by Gasteiger charge is -2.35. The van der Waals surface area contributed by atoms with Crippen LogP contribution in [0.2, 0.25) is 0 Å². The monoisotopic (exact) mass is 346 g/mol. The van der Waals surface area contributed by atoms with Crippen LogP contribution in [-0.2, 0) is 4.74 Å². The van der Waals surface area contributed by atoms with E-state index in [1.54, 1.807) is 14.2 Å². The molecule has 0 radical (unpaired) electrons. The standard InChI is InChI=1S/C19H26N2O4/c1-4-25-19(22)13-6-9-21(10-7-13)16-5-8-20-15-12-18(24-3)17(23-2)11-14(15)16/h5,8,11-13,19,22H,4,6-7,9-10H2,1-3H3. The Morgan fingerprint density at radius 2 is 1.88 bits per heavy atom. The first-order valence-electron chi connectivity index (χ1n) is 8.73. The lowest BCUT2D eigenvalue weighted by molar-refractivity contribution is -0.134. The quantitative estimate of drug-likeness (QED) is 0.812. The Kier molecular flexibility index (Phi) is 5.60. The van der Waals surface area contributed by atoms with Crippen molar-refractivity contribution < 1.29 is 19.3 Å². The number of rotatable bonds is 6. The molecular weight excluding hydrogens is 320 g/mol. The topological polar surface area (TPSA) is 64.1 Å². The Bertz CT molecular complexity index is 714. The molecule has 1 atom stereocenters. The minimum atomic E-state index is -0.661. The van der Waals surface area contributed by atoms with Gasteiger partial charge < -0.3 is 24.2 Å². The number of methoxy groups -OCH3 is 2. The zero-order valence-electron chi connectivity index (χ0n) is 15.1. The van der Waals surface area contributed by atoms with Crippen molar-refractivity contribution in [1.82, 2.24) is 4.98 Å². The highest BCUT2D eigenvalue weighted by Gasteiger charge is 2.26. The maximum Gasteiger partial charge on any atom is 0.162 e. The number of nitrogens with zero attached hydrogens (tertiary/aromatic N) is 2. The van der Waals surface area contributed by atoms with E-state index in [9.17, 15) is 5.11 Å². The van der Waals surface area contributed by atoms with Gasteiger partial charge in [-0.25, -0.2) is 0 Å². The molecule has 6 heteroatoms. The van der Waals surface area contributed by atoms with E-state index in [1.165, 1.54) is 0 Å². The first-order valence-corrected chi connectivity index (χ1v) is 8.73. The van der Waals surface area contributed by atoms with Gasteiger partial charge in [-0.3, -0.25) is 4.98 Å². The molecule has 1 saturated heterocycles. The summed E-state index contributed by atoms with van der Waals surface area (Å²) in [6.45, 7) is 4.20. The van der Waals surface area contributed by atoms with Gasteiger partial charge in [-0.05, 0) is 31.9 Å². The van der Waals surface area contributed by atoms with Crippen molar-refractivity contribution in [2.45, 2.75) is 26.1 Å². The minimum Gasteiger partial charge on any atom is -0.493 e. The van der Waals surface area contributed by atoms with E-state index < -0.39 is 6.29 Å². The summed E-state index contributed by atoms with van der Waals surface area (Å²) < 4.78 is 16.2. The summed E-state index contributed by atoms with van der Waals surface area (Å²) in [5.41, 5.74) is 2.02. The molecule has 2 aromatic rings. The summed E-state index contributed by atoms with van der Waals surface area (Å²) in [7, 11) is 3.27. The van der Waals surface area contributed by atoms with Crippen LogP contribution in [0.3, 0.4) is 0 Å². The fraction of sp³-hybridized carbons (Fsp3) is 0.526. The van der Waals surface area contributed by atoms with Gasteiger partial charge in [0.1, 0.15) is 0 Å². The lowest BCUT2D eigenvalue weighted by Crippen LogP contribution is -2.38. The van der Waals surface area contributed by atoms with Crippen LogP contribution in [0.25, 0.3) is 10.9 Å². The number of fused-ring (bicyclic) bond motifs is 1. The zero-order valence-corrected chi connectivity index (χ0v) is 15.1. The maximum absolute atomic E-state index is 10.0. The number of ether oxygens (including phenoxy) is 3. The van der Waals surface area contributed by atoms with Gasteiger partial charge in [-0.1, -0.05) is 0 Å². The van der Waals surface area contributed by atoms with Crippen LogP contribution >= 0.6 is 0 Å². The highest BCUT2D eigenvalue weighted by atomic mass is 16.6.